The Labute approximate surface area is 174 Å². The van der Waals surface area contributed by atoms with Gasteiger partial charge >= 0.3 is 0 Å². The van der Waals surface area contributed by atoms with E-state index < -0.39 is 0 Å². The normalized spacial score (nSPS) is 16.2. The van der Waals surface area contributed by atoms with E-state index >= 15 is 0 Å². The quantitative estimate of drug-likeness (QED) is 0.659. The molecule has 2 aromatic carbocycles. The van der Waals surface area contributed by atoms with Crippen molar-refractivity contribution >= 4 is 5.91 Å². The van der Waals surface area contributed by atoms with Crippen molar-refractivity contribution in [2.75, 3.05) is 26.3 Å². The Morgan fingerprint density at radius 1 is 1.14 bits per heavy atom. The summed E-state index contributed by atoms with van der Waals surface area (Å²) >= 11 is 0. The Bertz CT molecular complexity index is 783. The maximum absolute atomic E-state index is 12.7. The third-order valence-corrected chi connectivity index (χ3v) is 5.40. The summed E-state index contributed by atoms with van der Waals surface area (Å²) in [4.78, 5) is 15.0. The molecular formula is C24H32N2O3. The second kappa shape index (κ2) is 11.0. The minimum absolute atomic E-state index is 0.0924. The van der Waals surface area contributed by atoms with E-state index in [9.17, 15) is 4.79 Å². The Balaban J connectivity index is 1.57. The monoisotopic (exact) mass is 396 g/mol. The molecule has 1 atom stereocenters. The van der Waals surface area contributed by atoms with Crippen LogP contribution >= 0.6 is 0 Å². The second-order valence-electron chi connectivity index (χ2n) is 7.39. The van der Waals surface area contributed by atoms with Crippen molar-refractivity contribution in [1.29, 1.82) is 0 Å². The molecule has 156 valence electrons. The highest BCUT2D eigenvalue weighted by molar-refractivity contribution is 5.94. The Kier molecular flexibility index (Phi) is 8.08. The fourth-order valence-electron chi connectivity index (χ4n) is 3.54. The molecule has 1 aliphatic heterocycles. The van der Waals surface area contributed by atoms with Gasteiger partial charge in [0, 0.05) is 25.3 Å². The molecule has 2 aromatic rings. The Morgan fingerprint density at radius 3 is 2.66 bits per heavy atom. The summed E-state index contributed by atoms with van der Waals surface area (Å²) < 4.78 is 11.4. The van der Waals surface area contributed by atoms with Gasteiger partial charge in [-0.05, 0) is 55.3 Å². The number of nitrogens with zero attached hydrogens (tertiary/aromatic N) is 1. The smallest absolute Gasteiger partial charge is 0.251 e. The fraction of sp³-hybridized carbons (Fsp3) is 0.458. The molecule has 3 rings (SSSR count). The van der Waals surface area contributed by atoms with E-state index in [1.54, 1.807) is 6.07 Å². The van der Waals surface area contributed by atoms with Gasteiger partial charge in [0.1, 0.15) is 12.4 Å². The molecule has 1 amide bonds. The van der Waals surface area contributed by atoms with Crippen LogP contribution in [0.5, 0.6) is 5.75 Å². The molecule has 1 N–H and O–H groups in total. The van der Waals surface area contributed by atoms with Gasteiger partial charge in [-0.15, -0.1) is 0 Å². The van der Waals surface area contributed by atoms with Crippen molar-refractivity contribution in [2.24, 2.45) is 0 Å². The number of hydrogen-bond donors (Lipinski definition) is 1. The van der Waals surface area contributed by atoms with E-state index in [1.165, 1.54) is 5.56 Å². The van der Waals surface area contributed by atoms with Crippen LogP contribution in [-0.2, 0) is 17.8 Å². The van der Waals surface area contributed by atoms with Gasteiger partial charge in [-0.1, -0.05) is 44.2 Å². The summed E-state index contributed by atoms with van der Waals surface area (Å²) in [6.45, 7) is 9.11. The van der Waals surface area contributed by atoms with Gasteiger partial charge in [0.25, 0.3) is 5.91 Å². The summed E-state index contributed by atoms with van der Waals surface area (Å²) in [5, 5.41) is 3.05. The van der Waals surface area contributed by atoms with Crippen LogP contribution in [0.2, 0.25) is 0 Å². The molecule has 0 aromatic heterocycles. The summed E-state index contributed by atoms with van der Waals surface area (Å²) in [6, 6.07) is 15.6. The highest BCUT2D eigenvalue weighted by Gasteiger charge is 2.16. The largest absolute Gasteiger partial charge is 0.491 e. The van der Waals surface area contributed by atoms with Crippen molar-refractivity contribution in [3.05, 3.63) is 65.2 Å². The molecule has 0 spiro atoms. The Hall–Kier alpha value is -2.37. The van der Waals surface area contributed by atoms with Crippen molar-refractivity contribution < 1.29 is 14.3 Å². The molecule has 1 fully saturated rings. The average molecular weight is 397 g/mol. The topological polar surface area (TPSA) is 50.8 Å². The fourth-order valence-corrected chi connectivity index (χ4v) is 3.54. The minimum Gasteiger partial charge on any atom is -0.491 e. The number of hydrogen-bond acceptors (Lipinski definition) is 4. The van der Waals surface area contributed by atoms with E-state index in [1.807, 2.05) is 24.3 Å². The Morgan fingerprint density at radius 2 is 1.93 bits per heavy atom. The highest BCUT2D eigenvalue weighted by Crippen LogP contribution is 2.18. The highest BCUT2D eigenvalue weighted by atomic mass is 16.5. The molecule has 0 saturated carbocycles. The first kappa shape index (κ1) is 21.3. The van der Waals surface area contributed by atoms with Crippen LogP contribution in [0, 0.1) is 0 Å². The van der Waals surface area contributed by atoms with E-state index in [0.717, 1.165) is 44.6 Å². The molecule has 0 radical (unpaired) electrons. The van der Waals surface area contributed by atoms with E-state index in [0.29, 0.717) is 24.5 Å². The number of rotatable bonds is 10. The maximum Gasteiger partial charge on any atom is 0.251 e. The number of amides is 1. The van der Waals surface area contributed by atoms with E-state index in [2.05, 4.69) is 42.3 Å². The third kappa shape index (κ3) is 6.31. The lowest BCUT2D eigenvalue weighted by Crippen LogP contribution is -2.26. The minimum atomic E-state index is -0.0924. The predicted octanol–water partition coefficient (Wildman–Crippen LogP) is 4.02. The lowest BCUT2D eigenvalue weighted by atomic mass is 10.1. The first-order valence-electron chi connectivity index (χ1n) is 10.6. The van der Waals surface area contributed by atoms with E-state index in [-0.39, 0.29) is 12.0 Å². The van der Waals surface area contributed by atoms with Gasteiger partial charge in [0.15, 0.2) is 0 Å². The van der Waals surface area contributed by atoms with Crippen LogP contribution in [0.15, 0.2) is 48.5 Å². The SMILES string of the molecule is CCN(CC)Cc1ccccc1CNC(=O)c1cccc(OCC2CCCO2)c1. The lowest BCUT2D eigenvalue weighted by Gasteiger charge is -2.20. The molecule has 1 aliphatic rings. The van der Waals surface area contributed by atoms with Crippen LogP contribution in [0.3, 0.4) is 0 Å². The molecule has 0 aliphatic carbocycles. The van der Waals surface area contributed by atoms with Crippen LogP contribution in [0.25, 0.3) is 0 Å². The number of ether oxygens (including phenoxy) is 2. The average Bonchev–Trinajstić information content (AvgIpc) is 3.29. The third-order valence-electron chi connectivity index (χ3n) is 5.40. The molecule has 1 unspecified atom stereocenters. The molecule has 1 saturated heterocycles. The number of carbonyl (C=O) groups excluding carboxylic acids is 1. The molecule has 0 bridgehead atoms. The lowest BCUT2D eigenvalue weighted by molar-refractivity contribution is 0.0679. The summed E-state index contributed by atoms with van der Waals surface area (Å²) in [7, 11) is 0. The van der Waals surface area contributed by atoms with Gasteiger partial charge in [0.05, 0.1) is 6.10 Å². The van der Waals surface area contributed by atoms with Crippen LogP contribution < -0.4 is 10.1 Å². The first-order valence-corrected chi connectivity index (χ1v) is 10.6. The number of nitrogens with one attached hydrogen (secondary N) is 1. The zero-order valence-corrected chi connectivity index (χ0v) is 17.5. The molecule has 5 nitrogen and oxygen atoms in total. The molecular weight excluding hydrogens is 364 g/mol. The first-order chi connectivity index (χ1) is 14.2. The standard InChI is InChI=1S/C24H32N2O3/c1-3-26(4-2)17-21-10-6-5-9-20(21)16-25-24(27)19-11-7-12-22(15-19)29-18-23-13-8-14-28-23/h5-7,9-12,15,23H,3-4,8,13-14,16-18H2,1-2H3,(H,25,27). The van der Waals surface area contributed by atoms with Crippen molar-refractivity contribution in [1.82, 2.24) is 10.2 Å². The van der Waals surface area contributed by atoms with Gasteiger partial charge in [-0.3, -0.25) is 9.69 Å². The van der Waals surface area contributed by atoms with Crippen LogP contribution in [0.4, 0.5) is 0 Å². The molecule has 1 heterocycles. The number of benzene rings is 2. The van der Waals surface area contributed by atoms with Crippen molar-refractivity contribution in [3.8, 4) is 5.75 Å². The zero-order chi connectivity index (χ0) is 20.5. The molecule has 5 heteroatoms. The summed E-state index contributed by atoms with van der Waals surface area (Å²) in [5.41, 5.74) is 3.01. The maximum atomic E-state index is 12.7. The number of carbonyl (C=O) groups is 1. The van der Waals surface area contributed by atoms with Crippen LogP contribution in [0.1, 0.15) is 48.2 Å². The second-order valence-corrected chi connectivity index (χ2v) is 7.39. The summed E-state index contributed by atoms with van der Waals surface area (Å²) in [5.74, 6) is 0.611. The van der Waals surface area contributed by atoms with Crippen molar-refractivity contribution in [2.45, 2.75) is 45.9 Å². The van der Waals surface area contributed by atoms with Crippen molar-refractivity contribution in [3.63, 3.8) is 0 Å². The van der Waals surface area contributed by atoms with E-state index in [4.69, 9.17) is 9.47 Å². The zero-order valence-electron chi connectivity index (χ0n) is 17.5. The van der Waals surface area contributed by atoms with Gasteiger partial charge in [0.2, 0.25) is 0 Å². The summed E-state index contributed by atoms with van der Waals surface area (Å²) in [6.07, 6.45) is 2.29. The van der Waals surface area contributed by atoms with Gasteiger partial charge in [-0.25, -0.2) is 0 Å². The molecule has 29 heavy (non-hydrogen) atoms. The van der Waals surface area contributed by atoms with Gasteiger partial charge < -0.3 is 14.8 Å². The van der Waals surface area contributed by atoms with Crippen LogP contribution in [-0.4, -0.2) is 43.2 Å². The predicted molar refractivity (Wildman–Crippen MR) is 115 cm³/mol. The van der Waals surface area contributed by atoms with Gasteiger partial charge in [-0.2, -0.15) is 0 Å².